The third kappa shape index (κ3) is 4.34. The van der Waals surface area contributed by atoms with Gasteiger partial charge >= 0.3 is 5.97 Å². The molecule has 0 unspecified atom stereocenters. The molecule has 0 saturated heterocycles. The zero-order valence-electron chi connectivity index (χ0n) is 17.2. The van der Waals surface area contributed by atoms with E-state index in [0.29, 0.717) is 23.6 Å². The van der Waals surface area contributed by atoms with E-state index < -0.39 is 17.8 Å². The minimum absolute atomic E-state index is 0.0855. The van der Waals surface area contributed by atoms with Crippen LogP contribution in [0.3, 0.4) is 0 Å². The Hall–Kier alpha value is -3.52. The summed E-state index contributed by atoms with van der Waals surface area (Å²) in [5.41, 5.74) is 0.414. The second-order valence-electron chi connectivity index (χ2n) is 6.48. The van der Waals surface area contributed by atoms with Crippen molar-refractivity contribution in [1.29, 1.82) is 0 Å². The summed E-state index contributed by atoms with van der Waals surface area (Å²) in [6.07, 6.45) is 0.638. The molecule has 0 radical (unpaired) electrons. The molecule has 0 bridgehead atoms. The van der Waals surface area contributed by atoms with Gasteiger partial charge in [0.2, 0.25) is 0 Å². The molecule has 1 heterocycles. The molecule has 0 aromatic heterocycles. The van der Waals surface area contributed by atoms with Crippen molar-refractivity contribution >= 4 is 40.8 Å². The third-order valence-corrected chi connectivity index (χ3v) is 4.85. The Kier molecular flexibility index (Phi) is 6.81. The quantitative estimate of drug-likeness (QED) is 0.490. The maximum atomic E-state index is 13.2. The predicted molar refractivity (Wildman–Crippen MR) is 116 cm³/mol. The Morgan fingerprint density at radius 2 is 1.81 bits per heavy atom. The first-order valence-corrected chi connectivity index (χ1v) is 9.84. The smallest absolute Gasteiger partial charge is 0.340 e. The summed E-state index contributed by atoms with van der Waals surface area (Å²) in [5.74, 6) is -1.18. The van der Waals surface area contributed by atoms with Gasteiger partial charge in [0, 0.05) is 6.07 Å². The number of nitrogens with zero attached hydrogens (tertiary/aromatic N) is 1. The summed E-state index contributed by atoms with van der Waals surface area (Å²) in [7, 11) is 2.97. The Balaban J connectivity index is 1.96. The molecule has 31 heavy (non-hydrogen) atoms. The van der Waals surface area contributed by atoms with Gasteiger partial charge in [0.05, 0.1) is 37.8 Å². The fraction of sp³-hybridized carbons (Fsp3) is 0.227. The third-order valence-electron chi connectivity index (χ3n) is 4.50. The minimum Gasteiger partial charge on any atom is -0.497 e. The number of rotatable bonds is 8. The Morgan fingerprint density at radius 1 is 1.06 bits per heavy atom. The number of carbonyl (C=O) groups excluding carboxylic acids is 3. The highest BCUT2D eigenvalue weighted by Gasteiger charge is 2.40. The summed E-state index contributed by atoms with van der Waals surface area (Å²) in [4.78, 5) is 39.3. The first kappa shape index (κ1) is 22.2. The van der Waals surface area contributed by atoms with Crippen molar-refractivity contribution in [2.24, 2.45) is 0 Å². The number of nitrogens with one attached hydrogen (secondary N) is 1. The molecule has 162 valence electrons. The summed E-state index contributed by atoms with van der Waals surface area (Å²) in [6.45, 7) is 2.08. The van der Waals surface area contributed by atoms with E-state index in [9.17, 15) is 14.4 Å². The number of esters is 1. The largest absolute Gasteiger partial charge is 0.497 e. The fourth-order valence-electron chi connectivity index (χ4n) is 2.99. The van der Waals surface area contributed by atoms with Gasteiger partial charge in [-0.1, -0.05) is 30.7 Å². The van der Waals surface area contributed by atoms with Crippen molar-refractivity contribution in [3.05, 3.63) is 58.8 Å². The molecular formula is C22H21ClN2O6. The van der Waals surface area contributed by atoms with Gasteiger partial charge in [-0.25, -0.2) is 9.69 Å². The molecule has 8 nitrogen and oxygen atoms in total. The minimum atomic E-state index is -0.758. The van der Waals surface area contributed by atoms with E-state index in [-0.39, 0.29) is 28.6 Å². The van der Waals surface area contributed by atoms with Crippen molar-refractivity contribution in [1.82, 2.24) is 0 Å². The molecule has 0 saturated carbocycles. The number of benzene rings is 2. The summed E-state index contributed by atoms with van der Waals surface area (Å²) < 4.78 is 15.7. The number of methoxy groups -OCH3 is 2. The number of ether oxygens (including phenoxy) is 3. The number of hydrogen-bond acceptors (Lipinski definition) is 7. The van der Waals surface area contributed by atoms with Gasteiger partial charge in [0.25, 0.3) is 11.8 Å². The second-order valence-corrected chi connectivity index (χ2v) is 6.86. The van der Waals surface area contributed by atoms with E-state index in [4.69, 9.17) is 25.8 Å². The zero-order chi connectivity index (χ0) is 22.5. The van der Waals surface area contributed by atoms with E-state index in [1.165, 1.54) is 26.4 Å². The molecular weight excluding hydrogens is 424 g/mol. The number of halogens is 1. The van der Waals surface area contributed by atoms with E-state index in [1.54, 1.807) is 30.3 Å². The lowest BCUT2D eigenvalue weighted by atomic mass is 10.1. The Bertz CT molecular complexity index is 1070. The maximum Gasteiger partial charge on any atom is 0.340 e. The molecule has 3 rings (SSSR count). The SMILES string of the molecule is CCCOC(=O)c1ccccc1N1C(=O)C(Cl)=C(Nc2cc(OC)ccc2OC)C1=O. The summed E-state index contributed by atoms with van der Waals surface area (Å²) in [6, 6.07) is 11.1. The number of carbonyl (C=O) groups is 3. The highest BCUT2D eigenvalue weighted by Crippen LogP contribution is 2.35. The first-order chi connectivity index (χ1) is 14.9. The molecule has 0 fully saturated rings. The highest BCUT2D eigenvalue weighted by molar-refractivity contribution is 6.53. The molecule has 1 N–H and O–H groups in total. The van der Waals surface area contributed by atoms with Crippen LogP contribution in [0.5, 0.6) is 11.5 Å². The number of anilines is 2. The van der Waals surface area contributed by atoms with Crippen molar-refractivity contribution in [2.75, 3.05) is 31.0 Å². The molecule has 0 spiro atoms. The van der Waals surface area contributed by atoms with Gasteiger partial charge in [-0.3, -0.25) is 9.59 Å². The normalized spacial score (nSPS) is 13.5. The lowest BCUT2D eigenvalue weighted by Gasteiger charge is -2.18. The van der Waals surface area contributed by atoms with E-state index in [0.717, 1.165) is 4.90 Å². The van der Waals surface area contributed by atoms with E-state index in [1.807, 2.05) is 6.92 Å². The summed E-state index contributed by atoms with van der Waals surface area (Å²) >= 11 is 6.22. The second kappa shape index (κ2) is 9.53. The van der Waals surface area contributed by atoms with Crippen LogP contribution in [0.25, 0.3) is 0 Å². The number of amides is 2. The summed E-state index contributed by atoms with van der Waals surface area (Å²) in [5, 5.41) is 2.55. The van der Waals surface area contributed by atoms with Gasteiger partial charge in [-0.05, 0) is 30.7 Å². The van der Waals surface area contributed by atoms with Gasteiger partial charge in [0.1, 0.15) is 22.2 Å². The van der Waals surface area contributed by atoms with Crippen LogP contribution in [0, 0.1) is 0 Å². The van der Waals surface area contributed by atoms with Crippen LogP contribution in [-0.2, 0) is 14.3 Å². The van der Waals surface area contributed by atoms with Crippen LogP contribution in [0.1, 0.15) is 23.7 Å². The van der Waals surface area contributed by atoms with Gasteiger partial charge in [0.15, 0.2) is 0 Å². The molecule has 2 aromatic rings. The van der Waals surface area contributed by atoms with Crippen LogP contribution >= 0.6 is 11.6 Å². The average Bonchev–Trinajstić information content (AvgIpc) is 3.00. The average molecular weight is 445 g/mol. The zero-order valence-corrected chi connectivity index (χ0v) is 18.0. The number of imide groups is 1. The maximum absolute atomic E-state index is 13.2. The van der Waals surface area contributed by atoms with Crippen molar-refractivity contribution in [2.45, 2.75) is 13.3 Å². The highest BCUT2D eigenvalue weighted by atomic mass is 35.5. The Labute approximate surface area is 184 Å². The number of para-hydroxylation sites is 1. The Morgan fingerprint density at radius 3 is 2.48 bits per heavy atom. The molecule has 9 heteroatoms. The van der Waals surface area contributed by atoms with Crippen molar-refractivity contribution in [3.8, 4) is 11.5 Å². The van der Waals surface area contributed by atoms with Gasteiger partial charge in [-0.2, -0.15) is 0 Å². The predicted octanol–water partition coefficient (Wildman–Crippen LogP) is 3.71. The monoisotopic (exact) mass is 444 g/mol. The standard InChI is InChI=1S/C22H21ClN2O6/c1-4-11-31-22(28)14-7-5-6-8-16(14)25-20(26)18(23)19(21(25)27)24-15-12-13(29-2)9-10-17(15)30-3/h5-10,12,24H,4,11H2,1-3H3. The van der Waals surface area contributed by atoms with Gasteiger partial charge in [-0.15, -0.1) is 0 Å². The fourth-order valence-corrected chi connectivity index (χ4v) is 3.20. The lowest BCUT2D eigenvalue weighted by Crippen LogP contribution is -2.33. The van der Waals surface area contributed by atoms with Crippen LogP contribution < -0.4 is 19.7 Å². The van der Waals surface area contributed by atoms with Crippen LogP contribution in [0.2, 0.25) is 0 Å². The molecule has 2 aromatic carbocycles. The van der Waals surface area contributed by atoms with Gasteiger partial charge < -0.3 is 19.5 Å². The topological polar surface area (TPSA) is 94.2 Å². The number of hydrogen-bond donors (Lipinski definition) is 1. The van der Waals surface area contributed by atoms with Crippen molar-refractivity contribution < 1.29 is 28.6 Å². The van der Waals surface area contributed by atoms with Crippen LogP contribution in [0.15, 0.2) is 53.2 Å². The first-order valence-electron chi connectivity index (χ1n) is 9.46. The van der Waals surface area contributed by atoms with E-state index >= 15 is 0 Å². The van der Waals surface area contributed by atoms with E-state index in [2.05, 4.69) is 5.32 Å². The molecule has 0 aliphatic carbocycles. The molecule has 1 aliphatic rings. The lowest BCUT2D eigenvalue weighted by molar-refractivity contribution is -0.120. The van der Waals surface area contributed by atoms with Crippen molar-refractivity contribution in [3.63, 3.8) is 0 Å². The van der Waals surface area contributed by atoms with Crippen LogP contribution in [-0.4, -0.2) is 38.6 Å². The molecule has 2 amide bonds. The molecule has 0 atom stereocenters. The van der Waals surface area contributed by atoms with Crippen LogP contribution in [0.4, 0.5) is 11.4 Å². The molecule has 1 aliphatic heterocycles.